The number of carbonyl (C=O) groups excluding carboxylic acids is 3. The Hall–Kier alpha value is -4.63. The summed E-state index contributed by atoms with van der Waals surface area (Å²) in [5, 5.41) is 21.2. The summed E-state index contributed by atoms with van der Waals surface area (Å²) in [5.41, 5.74) is 4.55. The van der Waals surface area contributed by atoms with Gasteiger partial charge in [-0.2, -0.15) is 0 Å². The highest BCUT2D eigenvalue weighted by atomic mass is 16.6. The quantitative estimate of drug-likeness (QED) is 0.143. The molecule has 2 aliphatic rings. The van der Waals surface area contributed by atoms with E-state index in [2.05, 4.69) is 0 Å². The van der Waals surface area contributed by atoms with Crippen LogP contribution in [0.25, 0.3) is 16.7 Å². The number of fused-ring (bicyclic) bond motifs is 1. The van der Waals surface area contributed by atoms with Crippen molar-refractivity contribution in [1.29, 1.82) is 0 Å². The molecule has 3 aromatic carbocycles. The van der Waals surface area contributed by atoms with Gasteiger partial charge in [-0.25, -0.2) is 4.79 Å². The monoisotopic (exact) mass is 540 g/mol. The second-order valence-electron chi connectivity index (χ2n) is 10.2. The Labute approximate surface area is 230 Å². The third-order valence-electron chi connectivity index (χ3n) is 7.70. The van der Waals surface area contributed by atoms with E-state index in [0.29, 0.717) is 16.7 Å². The topological polar surface area (TPSA) is 127 Å². The van der Waals surface area contributed by atoms with Crippen LogP contribution in [-0.4, -0.2) is 44.7 Å². The van der Waals surface area contributed by atoms with E-state index in [-0.39, 0.29) is 41.6 Å². The number of hydrogen-bond donors (Lipinski definition) is 1. The molecule has 0 radical (unpaired) electrons. The van der Waals surface area contributed by atoms with E-state index < -0.39 is 22.9 Å². The van der Waals surface area contributed by atoms with E-state index in [9.17, 15) is 29.6 Å². The molecule has 2 heterocycles. The zero-order chi connectivity index (χ0) is 28.7. The number of nitro groups is 1. The number of nitro benzene ring substituents is 1. The first-order valence-corrected chi connectivity index (χ1v) is 13.0. The van der Waals surface area contributed by atoms with Gasteiger partial charge in [0.1, 0.15) is 12.3 Å². The van der Waals surface area contributed by atoms with Crippen LogP contribution in [0.1, 0.15) is 42.3 Å². The number of β-lactam (4-membered cyclic amide) rings is 1. The number of aliphatic hydroxyl groups is 1. The fourth-order valence-electron chi connectivity index (χ4n) is 5.61. The van der Waals surface area contributed by atoms with Crippen molar-refractivity contribution < 1.29 is 29.2 Å². The van der Waals surface area contributed by atoms with Crippen molar-refractivity contribution in [2.24, 2.45) is 11.8 Å². The number of Topliss-reactive ketones (excluding diaryl/α,β-unsaturated/α-hetero) is 1. The van der Waals surface area contributed by atoms with Crippen molar-refractivity contribution >= 4 is 28.9 Å². The summed E-state index contributed by atoms with van der Waals surface area (Å²) in [6, 6.07) is 20.2. The van der Waals surface area contributed by atoms with Gasteiger partial charge < -0.3 is 14.7 Å². The zero-order valence-electron chi connectivity index (χ0n) is 22.2. The Bertz CT molecular complexity index is 1520. The largest absolute Gasteiger partial charge is 0.456 e. The Morgan fingerprint density at radius 1 is 0.975 bits per heavy atom. The van der Waals surface area contributed by atoms with Gasteiger partial charge in [-0.15, -0.1) is 0 Å². The van der Waals surface area contributed by atoms with Gasteiger partial charge in [0.2, 0.25) is 5.91 Å². The first kappa shape index (κ1) is 27.0. The molecule has 204 valence electrons. The summed E-state index contributed by atoms with van der Waals surface area (Å²) in [6.07, 6.45) is -0.867. The molecule has 40 heavy (non-hydrogen) atoms. The normalized spacial score (nSPS) is 20.6. The first-order chi connectivity index (χ1) is 19.1. The smallest absolute Gasteiger partial charge is 0.355 e. The Balaban J connectivity index is 1.45. The van der Waals surface area contributed by atoms with E-state index >= 15 is 0 Å². The van der Waals surface area contributed by atoms with Crippen molar-refractivity contribution in [3.63, 3.8) is 0 Å². The van der Waals surface area contributed by atoms with E-state index in [1.807, 2.05) is 43.3 Å². The molecule has 0 aromatic heterocycles. The third-order valence-corrected chi connectivity index (χ3v) is 7.70. The maximum atomic E-state index is 13.4. The van der Waals surface area contributed by atoms with Crippen LogP contribution in [0.2, 0.25) is 0 Å². The summed E-state index contributed by atoms with van der Waals surface area (Å²) >= 11 is 0. The lowest BCUT2D eigenvalue weighted by Crippen LogP contribution is -2.63. The van der Waals surface area contributed by atoms with E-state index in [4.69, 9.17) is 4.74 Å². The fraction of sp³-hybridized carbons (Fsp3) is 0.258. The fourth-order valence-corrected chi connectivity index (χ4v) is 5.61. The maximum absolute atomic E-state index is 13.4. The molecular weight excluding hydrogens is 512 g/mol. The molecule has 5 rings (SSSR count). The van der Waals surface area contributed by atoms with Crippen LogP contribution >= 0.6 is 0 Å². The minimum Gasteiger partial charge on any atom is -0.456 e. The van der Waals surface area contributed by atoms with Crippen molar-refractivity contribution in [3.05, 3.63) is 105 Å². The summed E-state index contributed by atoms with van der Waals surface area (Å²) in [5.74, 6) is -1.87. The van der Waals surface area contributed by atoms with Crippen molar-refractivity contribution in [2.45, 2.75) is 39.5 Å². The molecule has 0 saturated carbocycles. The summed E-state index contributed by atoms with van der Waals surface area (Å²) in [4.78, 5) is 49.9. The molecule has 4 atom stereocenters. The van der Waals surface area contributed by atoms with Crippen LogP contribution in [0.15, 0.2) is 78.5 Å². The van der Waals surface area contributed by atoms with Crippen molar-refractivity contribution in [1.82, 2.24) is 4.90 Å². The summed E-state index contributed by atoms with van der Waals surface area (Å²) in [7, 11) is 0. The SMILES string of the molecule is CC(=O)c1ccc(-c2ccc(C3=C(C(=O)OCc4ccc([N+](=O)[O-])cc4)N4C(=O)[C@H](C(C)O)[C@H]4[C@H]3C)cc2)cc1. The van der Waals surface area contributed by atoms with Crippen molar-refractivity contribution in [3.8, 4) is 11.1 Å². The predicted molar refractivity (Wildman–Crippen MR) is 147 cm³/mol. The number of carbonyl (C=O) groups is 3. The molecule has 0 aliphatic carbocycles. The lowest BCUT2D eigenvalue weighted by Gasteiger charge is -2.46. The molecule has 1 N–H and O–H groups in total. The number of esters is 1. The van der Waals surface area contributed by atoms with Crippen LogP contribution in [0, 0.1) is 22.0 Å². The van der Waals surface area contributed by atoms with Gasteiger partial charge in [-0.3, -0.25) is 19.7 Å². The molecule has 0 spiro atoms. The lowest BCUT2D eigenvalue weighted by molar-refractivity contribution is -0.384. The van der Waals surface area contributed by atoms with Crippen LogP contribution in [0.4, 0.5) is 5.69 Å². The van der Waals surface area contributed by atoms with E-state index in [1.165, 1.54) is 36.1 Å². The molecule has 9 nitrogen and oxygen atoms in total. The Kier molecular flexibility index (Phi) is 7.08. The minimum absolute atomic E-state index is 0.00766. The molecule has 1 amide bonds. The average molecular weight is 541 g/mol. The molecule has 1 saturated heterocycles. The highest BCUT2D eigenvalue weighted by Crippen LogP contribution is 2.50. The lowest BCUT2D eigenvalue weighted by atomic mass is 9.77. The second kappa shape index (κ2) is 10.5. The third kappa shape index (κ3) is 4.69. The van der Waals surface area contributed by atoms with E-state index in [1.54, 1.807) is 19.1 Å². The standard InChI is InChI=1S/C31H28N2O7/c1-17-26(24-12-10-23(11-13-24)22-8-6-21(7-9-22)18(2)34)29(32-28(17)27(19(3)35)30(32)36)31(37)40-16-20-4-14-25(15-5-20)33(38)39/h4-15,17,19,27-28,35H,16H2,1-3H3/t17-,19?,27+,28+/m0/s1. The van der Waals surface area contributed by atoms with Crippen LogP contribution < -0.4 is 0 Å². The van der Waals surface area contributed by atoms with Crippen molar-refractivity contribution in [2.75, 3.05) is 0 Å². The number of non-ortho nitro benzene ring substituents is 1. The molecule has 9 heteroatoms. The molecular formula is C31H28N2O7. The van der Waals surface area contributed by atoms with Gasteiger partial charge in [0, 0.05) is 23.6 Å². The number of benzene rings is 3. The average Bonchev–Trinajstić information content (AvgIpc) is 3.20. The number of ketones is 1. The van der Waals surface area contributed by atoms with Gasteiger partial charge in [-0.1, -0.05) is 55.5 Å². The van der Waals surface area contributed by atoms with Gasteiger partial charge in [0.15, 0.2) is 5.78 Å². The van der Waals surface area contributed by atoms with Gasteiger partial charge in [-0.05, 0) is 53.8 Å². The highest BCUT2D eigenvalue weighted by molar-refractivity contribution is 6.07. The zero-order valence-corrected chi connectivity index (χ0v) is 22.2. The molecule has 1 fully saturated rings. The van der Waals surface area contributed by atoms with Gasteiger partial charge in [0.05, 0.1) is 23.0 Å². The Morgan fingerprint density at radius 3 is 2.05 bits per heavy atom. The van der Waals surface area contributed by atoms with Crippen LogP contribution in [-0.2, 0) is 20.9 Å². The second-order valence-corrected chi connectivity index (χ2v) is 10.2. The van der Waals surface area contributed by atoms with Crippen LogP contribution in [0.5, 0.6) is 0 Å². The number of hydrogen-bond acceptors (Lipinski definition) is 7. The summed E-state index contributed by atoms with van der Waals surface area (Å²) < 4.78 is 5.58. The molecule has 1 unspecified atom stereocenters. The number of ether oxygens (including phenoxy) is 1. The van der Waals surface area contributed by atoms with Gasteiger partial charge >= 0.3 is 5.97 Å². The minimum atomic E-state index is -0.867. The van der Waals surface area contributed by atoms with E-state index in [0.717, 1.165) is 16.7 Å². The van der Waals surface area contributed by atoms with Gasteiger partial charge in [0.25, 0.3) is 5.69 Å². The first-order valence-electron chi connectivity index (χ1n) is 13.0. The highest BCUT2D eigenvalue weighted by Gasteiger charge is 2.60. The van der Waals surface area contributed by atoms with Crippen LogP contribution in [0.3, 0.4) is 0 Å². The molecule has 2 aliphatic heterocycles. The molecule has 3 aromatic rings. The number of nitrogens with zero attached hydrogens (tertiary/aromatic N) is 2. The molecule has 0 bridgehead atoms. The number of rotatable bonds is 8. The maximum Gasteiger partial charge on any atom is 0.355 e. The summed E-state index contributed by atoms with van der Waals surface area (Å²) in [6.45, 7) is 4.90. The predicted octanol–water partition coefficient (Wildman–Crippen LogP) is 4.78. The number of amides is 1. The Morgan fingerprint density at radius 2 is 1.52 bits per heavy atom. The number of aliphatic hydroxyl groups excluding tert-OH is 1.